The first-order valence-corrected chi connectivity index (χ1v) is 5.46. The summed E-state index contributed by atoms with van der Waals surface area (Å²) in [6.07, 6.45) is 2.14. The lowest BCUT2D eigenvalue weighted by atomic mass is 10.7. The highest BCUT2D eigenvalue weighted by molar-refractivity contribution is 14.1. The van der Waals surface area contributed by atoms with Crippen molar-refractivity contribution in [3.05, 3.63) is 0 Å². The Kier molecular flexibility index (Phi) is 6.97. The molecule has 3 heteroatoms. The largest absolute Gasteiger partial charge is 0.296 e. The molecule has 0 amide bonds. The summed E-state index contributed by atoms with van der Waals surface area (Å²) >= 11 is 4.27. The average molecular weight is 245 g/mol. The highest BCUT2D eigenvalue weighted by atomic mass is 127. The molecule has 0 bridgehead atoms. The van der Waals surface area contributed by atoms with E-state index in [-0.39, 0.29) is 0 Å². The maximum absolute atomic E-state index is 2.37. The van der Waals surface area contributed by atoms with Crippen molar-refractivity contribution in [1.29, 1.82) is 0 Å². The van der Waals surface area contributed by atoms with Crippen molar-refractivity contribution in [3.8, 4) is 0 Å². The predicted octanol–water partition coefficient (Wildman–Crippen LogP) is 1.67. The summed E-state index contributed by atoms with van der Waals surface area (Å²) in [6, 6.07) is 0. The van der Waals surface area contributed by atoms with Crippen molar-refractivity contribution in [2.45, 2.75) is 0 Å². The third-order valence-electron chi connectivity index (χ3n) is 0.881. The van der Waals surface area contributed by atoms with Gasteiger partial charge in [-0.05, 0) is 13.3 Å². The van der Waals surface area contributed by atoms with Crippen LogP contribution in [0.5, 0.6) is 0 Å². The first-order chi connectivity index (χ1) is 3.81. The van der Waals surface area contributed by atoms with E-state index < -0.39 is 0 Å². The SMILES string of the molecule is CSCCN(C)CI. The van der Waals surface area contributed by atoms with Gasteiger partial charge in [0, 0.05) is 12.3 Å². The van der Waals surface area contributed by atoms with Crippen molar-refractivity contribution >= 4 is 34.4 Å². The molecule has 0 radical (unpaired) electrons. The van der Waals surface area contributed by atoms with Crippen LogP contribution in [0.15, 0.2) is 0 Å². The number of thioether (sulfide) groups is 1. The van der Waals surface area contributed by atoms with Gasteiger partial charge in [0.2, 0.25) is 0 Å². The summed E-state index contributed by atoms with van der Waals surface area (Å²) in [7, 11) is 2.14. The zero-order chi connectivity index (χ0) is 6.41. The summed E-state index contributed by atoms with van der Waals surface area (Å²) in [5, 5.41) is 0. The number of rotatable bonds is 4. The van der Waals surface area contributed by atoms with E-state index in [0.717, 1.165) is 4.55 Å². The van der Waals surface area contributed by atoms with E-state index in [1.165, 1.54) is 12.3 Å². The smallest absolute Gasteiger partial charge is 0.0502 e. The predicted molar refractivity (Wildman–Crippen MR) is 49.9 cm³/mol. The minimum absolute atomic E-state index is 1.14. The minimum atomic E-state index is 1.14. The zero-order valence-electron chi connectivity index (χ0n) is 5.35. The summed E-state index contributed by atoms with van der Waals surface area (Å²) in [6.45, 7) is 1.21. The number of hydrogen-bond acceptors (Lipinski definition) is 2. The molecule has 0 N–H and O–H groups in total. The lowest BCUT2D eigenvalue weighted by molar-refractivity contribution is 0.429. The number of nitrogens with zero attached hydrogens (tertiary/aromatic N) is 1. The second-order valence-corrected chi connectivity index (χ2v) is 3.36. The summed E-state index contributed by atoms with van der Waals surface area (Å²) in [4.78, 5) is 2.30. The molecule has 0 atom stereocenters. The number of hydrogen-bond donors (Lipinski definition) is 0. The van der Waals surface area contributed by atoms with Crippen molar-refractivity contribution in [2.75, 3.05) is 30.2 Å². The van der Waals surface area contributed by atoms with E-state index in [9.17, 15) is 0 Å². The monoisotopic (exact) mass is 245 g/mol. The van der Waals surface area contributed by atoms with Crippen LogP contribution in [0.2, 0.25) is 0 Å². The molecule has 0 heterocycles. The van der Waals surface area contributed by atoms with Crippen LogP contribution in [0.25, 0.3) is 0 Å². The molecule has 0 aliphatic carbocycles. The summed E-state index contributed by atoms with van der Waals surface area (Å²) < 4.78 is 1.14. The van der Waals surface area contributed by atoms with Crippen molar-refractivity contribution in [2.24, 2.45) is 0 Å². The Bertz CT molecular complexity index is 51.7. The van der Waals surface area contributed by atoms with Crippen LogP contribution in [0.4, 0.5) is 0 Å². The molecule has 0 saturated heterocycles. The highest BCUT2D eigenvalue weighted by Gasteiger charge is 1.90. The lowest BCUT2D eigenvalue weighted by Gasteiger charge is -2.10. The molecule has 1 nitrogen and oxygen atoms in total. The van der Waals surface area contributed by atoms with Crippen LogP contribution in [-0.2, 0) is 0 Å². The van der Waals surface area contributed by atoms with Crippen molar-refractivity contribution in [3.63, 3.8) is 0 Å². The zero-order valence-corrected chi connectivity index (χ0v) is 8.33. The van der Waals surface area contributed by atoms with Gasteiger partial charge in [-0.3, -0.25) is 4.90 Å². The van der Waals surface area contributed by atoms with Crippen LogP contribution >= 0.6 is 34.4 Å². The van der Waals surface area contributed by atoms with E-state index in [1.54, 1.807) is 0 Å². The second kappa shape index (κ2) is 6.16. The quantitative estimate of drug-likeness (QED) is 0.421. The van der Waals surface area contributed by atoms with E-state index in [2.05, 4.69) is 40.8 Å². The summed E-state index contributed by atoms with van der Waals surface area (Å²) in [5.74, 6) is 1.25. The lowest BCUT2D eigenvalue weighted by Crippen LogP contribution is -2.18. The Hall–Kier alpha value is 1.04. The Balaban J connectivity index is 2.86. The third kappa shape index (κ3) is 5.18. The van der Waals surface area contributed by atoms with Crippen molar-refractivity contribution in [1.82, 2.24) is 4.90 Å². The van der Waals surface area contributed by atoms with Gasteiger partial charge in [0.05, 0.1) is 4.55 Å². The second-order valence-electron chi connectivity index (χ2n) is 1.69. The van der Waals surface area contributed by atoms with Gasteiger partial charge in [-0.25, -0.2) is 0 Å². The Morgan fingerprint density at radius 1 is 1.62 bits per heavy atom. The Labute approximate surface area is 69.3 Å². The molecule has 0 aromatic rings. The normalized spacial score (nSPS) is 10.5. The molecule has 0 rings (SSSR count). The van der Waals surface area contributed by atoms with E-state index in [0.29, 0.717) is 0 Å². The summed E-state index contributed by atoms with van der Waals surface area (Å²) in [5.41, 5.74) is 0. The first-order valence-electron chi connectivity index (χ1n) is 2.54. The van der Waals surface area contributed by atoms with Crippen LogP contribution in [-0.4, -0.2) is 35.1 Å². The maximum Gasteiger partial charge on any atom is 0.0502 e. The molecule has 8 heavy (non-hydrogen) atoms. The van der Waals surface area contributed by atoms with Crippen LogP contribution in [0.3, 0.4) is 0 Å². The Morgan fingerprint density at radius 2 is 2.25 bits per heavy atom. The Morgan fingerprint density at radius 3 is 2.62 bits per heavy atom. The van der Waals surface area contributed by atoms with Gasteiger partial charge in [-0.1, -0.05) is 22.6 Å². The fraction of sp³-hybridized carbons (Fsp3) is 1.00. The van der Waals surface area contributed by atoms with Crippen LogP contribution in [0, 0.1) is 0 Å². The molecule has 0 aliphatic heterocycles. The molecule has 0 spiro atoms. The molecule has 0 aromatic carbocycles. The molecule has 0 unspecified atom stereocenters. The van der Waals surface area contributed by atoms with E-state index >= 15 is 0 Å². The standard InChI is InChI=1S/C5H12INS/c1-7(5-6)3-4-8-2/h3-5H2,1-2H3. The average Bonchev–Trinajstić information content (AvgIpc) is 1.83. The van der Waals surface area contributed by atoms with Crippen LogP contribution < -0.4 is 0 Å². The van der Waals surface area contributed by atoms with Gasteiger partial charge in [0.1, 0.15) is 0 Å². The molecule has 0 aliphatic rings. The van der Waals surface area contributed by atoms with Gasteiger partial charge in [0.15, 0.2) is 0 Å². The van der Waals surface area contributed by atoms with Gasteiger partial charge in [0.25, 0.3) is 0 Å². The molecular weight excluding hydrogens is 233 g/mol. The molecule has 0 fully saturated rings. The maximum atomic E-state index is 2.37. The van der Waals surface area contributed by atoms with Gasteiger partial charge in [-0.15, -0.1) is 0 Å². The first kappa shape index (κ1) is 9.04. The molecule has 0 saturated carbocycles. The van der Waals surface area contributed by atoms with Gasteiger partial charge in [-0.2, -0.15) is 11.8 Å². The highest BCUT2D eigenvalue weighted by Crippen LogP contribution is 1.94. The number of halogens is 1. The third-order valence-corrected chi connectivity index (χ3v) is 2.64. The van der Waals surface area contributed by atoms with Crippen molar-refractivity contribution < 1.29 is 0 Å². The fourth-order valence-electron chi connectivity index (χ4n) is 0.307. The van der Waals surface area contributed by atoms with E-state index in [1.807, 2.05) is 11.8 Å². The fourth-order valence-corrected chi connectivity index (χ4v) is 1.14. The molecule has 50 valence electrons. The minimum Gasteiger partial charge on any atom is -0.296 e. The topological polar surface area (TPSA) is 3.24 Å². The van der Waals surface area contributed by atoms with E-state index in [4.69, 9.17) is 0 Å². The molecule has 0 aromatic heterocycles. The van der Waals surface area contributed by atoms with Gasteiger partial charge < -0.3 is 0 Å². The number of alkyl halides is 1. The molecular formula is C5H12INS. The van der Waals surface area contributed by atoms with Crippen LogP contribution in [0.1, 0.15) is 0 Å². The van der Waals surface area contributed by atoms with Gasteiger partial charge >= 0.3 is 0 Å².